The minimum absolute atomic E-state index is 0.00367. The number of rotatable bonds is 6. The molecule has 9 rings (SSSR count). The van der Waals surface area contributed by atoms with Gasteiger partial charge in [-0.1, -0.05) is 120 Å². The minimum Gasteiger partial charge on any atom is -0.309 e. The van der Waals surface area contributed by atoms with Crippen molar-refractivity contribution < 1.29 is 9.59 Å². The smallest absolute Gasteiger partial charge is 0.193 e. The van der Waals surface area contributed by atoms with Gasteiger partial charge < -0.3 is 9.13 Å². The van der Waals surface area contributed by atoms with Crippen LogP contribution in [0.25, 0.3) is 55.0 Å². The average Bonchev–Trinajstić information content (AvgIpc) is 3.65. The van der Waals surface area contributed by atoms with Crippen molar-refractivity contribution in [2.24, 2.45) is 0 Å². The van der Waals surface area contributed by atoms with Gasteiger partial charge in [0.2, 0.25) is 0 Å². The van der Waals surface area contributed by atoms with E-state index in [4.69, 9.17) is 0 Å². The summed E-state index contributed by atoms with van der Waals surface area (Å²) < 4.78 is 4.54. The Morgan fingerprint density at radius 3 is 1.10 bits per heavy atom. The van der Waals surface area contributed by atoms with Crippen LogP contribution in [0.3, 0.4) is 0 Å². The van der Waals surface area contributed by atoms with E-state index in [1.54, 1.807) is 0 Å². The molecule has 0 aliphatic heterocycles. The number of hydrogen-bond donors (Lipinski definition) is 0. The van der Waals surface area contributed by atoms with Crippen LogP contribution in [0.5, 0.6) is 0 Å². The molecular weight excluding hydrogens is 613 g/mol. The van der Waals surface area contributed by atoms with E-state index in [0.29, 0.717) is 22.3 Å². The van der Waals surface area contributed by atoms with Crippen LogP contribution in [0.1, 0.15) is 43.0 Å². The summed E-state index contributed by atoms with van der Waals surface area (Å²) >= 11 is 0. The van der Waals surface area contributed by atoms with Crippen molar-refractivity contribution in [3.63, 3.8) is 0 Å². The predicted octanol–water partition coefficient (Wildman–Crippen LogP) is 11.0. The van der Waals surface area contributed by atoms with Crippen LogP contribution >= 0.6 is 0 Å². The zero-order chi connectivity index (χ0) is 33.9. The van der Waals surface area contributed by atoms with Gasteiger partial charge in [-0.05, 0) is 62.4 Å². The van der Waals surface area contributed by atoms with Crippen LogP contribution in [0, 0.1) is 13.8 Å². The number of ketones is 2. The van der Waals surface area contributed by atoms with Gasteiger partial charge in [0.25, 0.3) is 0 Å². The fraction of sp³-hybridized carbons (Fsp3) is 0.0435. The molecule has 50 heavy (non-hydrogen) atoms. The van der Waals surface area contributed by atoms with Gasteiger partial charge in [-0.2, -0.15) is 0 Å². The molecule has 2 heterocycles. The molecule has 4 heteroatoms. The van der Waals surface area contributed by atoms with E-state index >= 15 is 0 Å². The van der Waals surface area contributed by atoms with E-state index in [9.17, 15) is 9.59 Å². The number of aryl methyl sites for hydroxylation is 2. The van der Waals surface area contributed by atoms with Gasteiger partial charge in [0, 0.05) is 55.2 Å². The maximum absolute atomic E-state index is 13.6. The molecule has 238 valence electrons. The highest BCUT2D eigenvalue weighted by Crippen LogP contribution is 2.40. The van der Waals surface area contributed by atoms with E-state index in [1.807, 2.05) is 84.9 Å². The van der Waals surface area contributed by atoms with Crippen LogP contribution < -0.4 is 0 Å². The monoisotopic (exact) mass is 644 g/mol. The molecule has 0 atom stereocenters. The van der Waals surface area contributed by atoms with Gasteiger partial charge in [-0.25, -0.2) is 0 Å². The highest BCUT2D eigenvalue weighted by Gasteiger charge is 2.21. The molecule has 0 N–H and O–H groups in total. The second-order valence-electron chi connectivity index (χ2n) is 13.1. The average molecular weight is 645 g/mol. The lowest BCUT2D eigenvalue weighted by molar-refractivity contribution is 0.103. The minimum atomic E-state index is -0.00367. The largest absolute Gasteiger partial charge is 0.309 e. The number of carbonyl (C=O) groups is 2. The van der Waals surface area contributed by atoms with Gasteiger partial charge in [-0.15, -0.1) is 0 Å². The van der Waals surface area contributed by atoms with Crippen molar-refractivity contribution in [2.45, 2.75) is 13.8 Å². The van der Waals surface area contributed by atoms with E-state index in [0.717, 1.165) is 55.0 Å². The lowest BCUT2D eigenvalue weighted by atomic mass is 10.0. The maximum Gasteiger partial charge on any atom is 0.193 e. The molecule has 4 nitrogen and oxygen atoms in total. The third kappa shape index (κ3) is 4.76. The second kappa shape index (κ2) is 11.6. The summed E-state index contributed by atoms with van der Waals surface area (Å²) in [5, 5.41) is 4.30. The van der Waals surface area contributed by atoms with Crippen LogP contribution in [-0.2, 0) is 0 Å². The van der Waals surface area contributed by atoms with Gasteiger partial charge in [0.05, 0.1) is 22.1 Å². The maximum atomic E-state index is 13.6. The number of fused-ring (bicyclic) bond motifs is 6. The van der Waals surface area contributed by atoms with Crippen LogP contribution in [0.2, 0.25) is 0 Å². The highest BCUT2D eigenvalue weighted by atomic mass is 16.1. The number of nitrogens with zero attached hydrogens (tertiary/aromatic N) is 2. The third-order valence-electron chi connectivity index (χ3n) is 9.83. The Kier molecular flexibility index (Phi) is 6.85. The summed E-state index contributed by atoms with van der Waals surface area (Å²) in [6, 6.07) is 52.6. The molecule has 0 amide bonds. The van der Waals surface area contributed by atoms with Crippen molar-refractivity contribution in [2.75, 3.05) is 0 Å². The lowest BCUT2D eigenvalue weighted by Crippen LogP contribution is -2.01. The quantitative estimate of drug-likeness (QED) is 0.169. The van der Waals surface area contributed by atoms with Crippen LogP contribution in [-0.4, -0.2) is 20.7 Å². The molecule has 0 aliphatic rings. The molecule has 0 bridgehead atoms. The molecule has 0 fully saturated rings. The predicted molar refractivity (Wildman–Crippen MR) is 204 cm³/mol. The molecule has 2 aromatic heterocycles. The first-order chi connectivity index (χ1) is 24.4. The first-order valence-corrected chi connectivity index (χ1v) is 16.8. The molecule has 0 radical (unpaired) electrons. The van der Waals surface area contributed by atoms with E-state index in [2.05, 4.69) is 95.8 Å². The van der Waals surface area contributed by atoms with Gasteiger partial charge in [-0.3, -0.25) is 9.59 Å². The first kappa shape index (κ1) is 29.6. The molecular formula is C46H32N2O2. The number of carbonyl (C=O) groups excluding carboxylic acids is 2. The Morgan fingerprint density at radius 2 is 0.720 bits per heavy atom. The van der Waals surface area contributed by atoms with Crippen LogP contribution in [0.15, 0.2) is 158 Å². The third-order valence-corrected chi connectivity index (χ3v) is 9.83. The number of benzene rings is 7. The van der Waals surface area contributed by atoms with E-state index in [-0.39, 0.29) is 11.6 Å². The van der Waals surface area contributed by atoms with Crippen molar-refractivity contribution in [3.8, 4) is 11.4 Å². The van der Waals surface area contributed by atoms with E-state index < -0.39 is 0 Å². The zero-order valence-electron chi connectivity index (χ0n) is 27.7. The number of aromatic nitrogens is 2. The summed E-state index contributed by atoms with van der Waals surface area (Å²) in [5.41, 5.74) is 11.1. The normalized spacial score (nSPS) is 11.6. The second-order valence-corrected chi connectivity index (χ2v) is 13.1. The summed E-state index contributed by atoms with van der Waals surface area (Å²) in [7, 11) is 0. The molecule has 9 aromatic rings. The summed E-state index contributed by atoms with van der Waals surface area (Å²) in [4.78, 5) is 27.3. The molecule has 0 aliphatic carbocycles. The van der Waals surface area contributed by atoms with Crippen molar-refractivity contribution in [1.82, 2.24) is 9.13 Å². The van der Waals surface area contributed by atoms with Crippen molar-refractivity contribution in [3.05, 3.63) is 191 Å². The Hall–Kier alpha value is -6.52. The highest BCUT2D eigenvalue weighted by molar-refractivity contribution is 6.21. The summed E-state index contributed by atoms with van der Waals surface area (Å²) in [6.07, 6.45) is 0. The van der Waals surface area contributed by atoms with Gasteiger partial charge >= 0.3 is 0 Å². The summed E-state index contributed by atoms with van der Waals surface area (Å²) in [6.45, 7) is 4.18. The first-order valence-electron chi connectivity index (χ1n) is 16.8. The number of hydrogen-bond acceptors (Lipinski definition) is 2. The Balaban J connectivity index is 1.35. The Morgan fingerprint density at radius 1 is 0.360 bits per heavy atom. The Bertz CT molecular complexity index is 2570. The SMILES string of the molecule is Cc1ccc(-n2c3cc(C(=O)c4ccccc4)ccc3c3cc4c(cc32)c2ccc(C(=O)c3ccccc3)cc2n4-c2ccc(C)cc2)cc1. The molecule has 0 spiro atoms. The standard InChI is InChI=1S/C46H32N2O2/c1-29-13-19-35(20-14-29)47-41-25-33(45(49)31-9-5-3-6-10-31)17-23-37(41)39-28-44-40(27-43(39)47)38-24-18-34(46(50)32-11-7-4-8-12-32)26-42(38)48(44)36-21-15-30(2)16-22-36/h3-28H,1-2H3. The zero-order valence-corrected chi connectivity index (χ0v) is 27.7. The van der Waals surface area contributed by atoms with E-state index in [1.165, 1.54) is 11.1 Å². The van der Waals surface area contributed by atoms with Gasteiger partial charge in [0.15, 0.2) is 11.6 Å². The van der Waals surface area contributed by atoms with Gasteiger partial charge in [0.1, 0.15) is 0 Å². The Labute approximate surface area is 289 Å². The molecule has 0 unspecified atom stereocenters. The molecule has 0 saturated heterocycles. The van der Waals surface area contributed by atoms with Crippen molar-refractivity contribution in [1.29, 1.82) is 0 Å². The molecule has 7 aromatic carbocycles. The fourth-order valence-corrected chi connectivity index (χ4v) is 7.27. The lowest BCUT2D eigenvalue weighted by Gasteiger charge is -2.10. The van der Waals surface area contributed by atoms with Crippen LogP contribution in [0.4, 0.5) is 0 Å². The molecule has 0 saturated carbocycles. The topological polar surface area (TPSA) is 44.0 Å². The van der Waals surface area contributed by atoms with Crippen molar-refractivity contribution >= 4 is 55.2 Å². The summed E-state index contributed by atoms with van der Waals surface area (Å²) in [5.74, 6) is -0.00734. The fourth-order valence-electron chi connectivity index (χ4n) is 7.27.